The summed E-state index contributed by atoms with van der Waals surface area (Å²) in [7, 11) is 0. The molecule has 1 fully saturated rings. The molecular formula is C13H18N4O2. The van der Waals surface area contributed by atoms with E-state index >= 15 is 0 Å². The van der Waals surface area contributed by atoms with Crippen LogP contribution in [0.1, 0.15) is 25.5 Å². The van der Waals surface area contributed by atoms with Gasteiger partial charge in [-0.1, -0.05) is 6.92 Å². The van der Waals surface area contributed by atoms with Crippen LogP contribution in [0.15, 0.2) is 18.3 Å². The van der Waals surface area contributed by atoms with Gasteiger partial charge in [0.2, 0.25) is 11.8 Å². The van der Waals surface area contributed by atoms with Crippen molar-refractivity contribution in [2.45, 2.75) is 19.9 Å². The number of carbonyl (C=O) groups excluding carboxylic acids is 2. The first kappa shape index (κ1) is 13.5. The molecule has 1 aliphatic rings. The summed E-state index contributed by atoms with van der Waals surface area (Å²) in [5, 5.41) is 5.59. The third kappa shape index (κ3) is 3.29. The van der Waals surface area contributed by atoms with E-state index in [1.807, 2.05) is 19.1 Å². The molecule has 2 rings (SSSR count). The van der Waals surface area contributed by atoms with Crippen molar-refractivity contribution in [1.29, 1.82) is 0 Å². The second-order valence-corrected chi connectivity index (χ2v) is 4.55. The molecule has 0 spiro atoms. The van der Waals surface area contributed by atoms with Crippen LogP contribution in [0.4, 0.5) is 5.82 Å². The van der Waals surface area contributed by atoms with Gasteiger partial charge in [-0.25, -0.2) is 4.98 Å². The van der Waals surface area contributed by atoms with E-state index in [2.05, 4.69) is 22.5 Å². The predicted molar refractivity (Wildman–Crippen MR) is 71.7 cm³/mol. The van der Waals surface area contributed by atoms with Crippen LogP contribution in [0.3, 0.4) is 0 Å². The van der Waals surface area contributed by atoms with Crippen LogP contribution in [-0.4, -0.2) is 36.4 Å². The van der Waals surface area contributed by atoms with E-state index in [0.717, 1.165) is 12.1 Å². The molecule has 102 valence electrons. The van der Waals surface area contributed by atoms with Gasteiger partial charge in [-0.3, -0.25) is 14.9 Å². The van der Waals surface area contributed by atoms with Gasteiger partial charge in [-0.15, -0.1) is 0 Å². The molecule has 0 radical (unpaired) electrons. The Bertz CT molecular complexity index is 473. The molecule has 2 N–H and O–H groups in total. The number of piperazine rings is 1. The number of hydrogen-bond donors (Lipinski definition) is 2. The smallest absolute Gasteiger partial charge is 0.246 e. The zero-order chi connectivity index (χ0) is 13.8. The molecule has 2 amide bonds. The van der Waals surface area contributed by atoms with Gasteiger partial charge in [-0.2, -0.15) is 0 Å². The van der Waals surface area contributed by atoms with Crippen molar-refractivity contribution in [3.8, 4) is 0 Å². The van der Waals surface area contributed by atoms with E-state index in [1.165, 1.54) is 0 Å². The number of carbonyl (C=O) groups is 2. The highest BCUT2D eigenvalue weighted by Crippen LogP contribution is 2.18. The molecule has 6 heteroatoms. The maximum atomic E-state index is 11.4. The fourth-order valence-corrected chi connectivity index (χ4v) is 2.10. The van der Waals surface area contributed by atoms with E-state index in [0.29, 0.717) is 5.82 Å². The van der Waals surface area contributed by atoms with Crippen LogP contribution in [0, 0.1) is 0 Å². The van der Waals surface area contributed by atoms with Crippen molar-refractivity contribution < 1.29 is 9.59 Å². The maximum absolute atomic E-state index is 11.4. The maximum Gasteiger partial charge on any atom is 0.246 e. The topological polar surface area (TPSA) is 74.3 Å². The standard InChI is InChI=1S/C13H18N4O2/c1-3-14-9(2)10-4-5-15-11(6-10)17-7-12(18)16-13(19)8-17/h4-6,9,14H,3,7-8H2,1-2H3,(H,16,18,19). The Morgan fingerprint density at radius 2 is 2.11 bits per heavy atom. The second-order valence-electron chi connectivity index (χ2n) is 4.55. The lowest BCUT2D eigenvalue weighted by Gasteiger charge is -2.27. The van der Waals surface area contributed by atoms with Crippen molar-refractivity contribution in [3.05, 3.63) is 23.9 Å². The minimum atomic E-state index is -0.289. The van der Waals surface area contributed by atoms with Gasteiger partial charge in [0.15, 0.2) is 0 Å². The number of pyridine rings is 1. The summed E-state index contributed by atoms with van der Waals surface area (Å²) >= 11 is 0. The molecule has 19 heavy (non-hydrogen) atoms. The Labute approximate surface area is 112 Å². The third-order valence-corrected chi connectivity index (χ3v) is 3.05. The number of nitrogens with zero attached hydrogens (tertiary/aromatic N) is 2. The second kappa shape index (κ2) is 5.79. The number of rotatable bonds is 4. The van der Waals surface area contributed by atoms with Crippen molar-refractivity contribution in [3.63, 3.8) is 0 Å². The number of nitrogens with one attached hydrogen (secondary N) is 2. The zero-order valence-corrected chi connectivity index (χ0v) is 11.1. The van der Waals surface area contributed by atoms with E-state index < -0.39 is 0 Å². The Balaban J connectivity index is 2.18. The van der Waals surface area contributed by atoms with Crippen molar-refractivity contribution >= 4 is 17.6 Å². The highest BCUT2D eigenvalue weighted by molar-refractivity contribution is 6.02. The molecule has 1 aliphatic heterocycles. The van der Waals surface area contributed by atoms with Crippen LogP contribution in [0.5, 0.6) is 0 Å². The van der Waals surface area contributed by atoms with Crippen molar-refractivity contribution in [2.75, 3.05) is 24.5 Å². The van der Waals surface area contributed by atoms with Crippen molar-refractivity contribution in [1.82, 2.24) is 15.6 Å². The number of aromatic nitrogens is 1. The summed E-state index contributed by atoms with van der Waals surface area (Å²) in [4.78, 5) is 28.7. The molecule has 1 aromatic heterocycles. The predicted octanol–water partition coefficient (Wildman–Crippen LogP) is 0.215. The van der Waals surface area contributed by atoms with Crippen molar-refractivity contribution in [2.24, 2.45) is 0 Å². The van der Waals surface area contributed by atoms with Gasteiger partial charge >= 0.3 is 0 Å². The number of anilines is 1. The van der Waals surface area contributed by atoms with E-state index in [9.17, 15) is 9.59 Å². The molecular weight excluding hydrogens is 244 g/mol. The fourth-order valence-electron chi connectivity index (χ4n) is 2.10. The average Bonchev–Trinajstić information content (AvgIpc) is 2.38. The molecule has 0 saturated carbocycles. The number of imide groups is 1. The molecule has 0 bridgehead atoms. The van der Waals surface area contributed by atoms with Gasteiger partial charge in [0.25, 0.3) is 0 Å². The number of amides is 2. The fraction of sp³-hybridized carbons (Fsp3) is 0.462. The molecule has 0 aliphatic carbocycles. The molecule has 1 saturated heterocycles. The van der Waals surface area contributed by atoms with Crippen LogP contribution in [-0.2, 0) is 9.59 Å². The number of hydrogen-bond acceptors (Lipinski definition) is 5. The molecule has 0 aromatic carbocycles. The SMILES string of the molecule is CCNC(C)c1ccnc(N2CC(=O)NC(=O)C2)c1. The summed E-state index contributed by atoms with van der Waals surface area (Å²) in [6, 6.07) is 4.06. The minimum absolute atomic E-state index is 0.164. The van der Waals surface area contributed by atoms with E-state index in [-0.39, 0.29) is 30.9 Å². The first-order valence-electron chi connectivity index (χ1n) is 6.37. The van der Waals surface area contributed by atoms with Gasteiger partial charge < -0.3 is 10.2 Å². The third-order valence-electron chi connectivity index (χ3n) is 3.05. The first-order chi connectivity index (χ1) is 9.10. The highest BCUT2D eigenvalue weighted by Gasteiger charge is 2.23. The molecule has 1 unspecified atom stereocenters. The molecule has 1 aromatic rings. The largest absolute Gasteiger partial charge is 0.338 e. The summed E-state index contributed by atoms with van der Waals surface area (Å²) < 4.78 is 0. The molecule has 1 atom stereocenters. The van der Waals surface area contributed by atoms with Gasteiger partial charge in [0, 0.05) is 12.2 Å². The lowest BCUT2D eigenvalue weighted by molar-refractivity contribution is -0.130. The summed E-state index contributed by atoms with van der Waals surface area (Å²) in [6.45, 7) is 5.32. The lowest BCUT2D eigenvalue weighted by atomic mass is 10.1. The zero-order valence-electron chi connectivity index (χ0n) is 11.1. The lowest BCUT2D eigenvalue weighted by Crippen LogP contribution is -2.51. The quantitative estimate of drug-likeness (QED) is 0.759. The average molecular weight is 262 g/mol. The van der Waals surface area contributed by atoms with Gasteiger partial charge in [0.05, 0.1) is 13.1 Å². The highest BCUT2D eigenvalue weighted by atomic mass is 16.2. The van der Waals surface area contributed by atoms with Crippen LogP contribution < -0.4 is 15.5 Å². The van der Waals surface area contributed by atoms with Crippen LogP contribution in [0.25, 0.3) is 0 Å². The molecule has 2 heterocycles. The summed E-state index contributed by atoms with van der Waals surface area (Å²) in [5.41, 5.74) is 1.09. The Hall–Kier alpha value is -1.95. The normalized spacial score (nSPS) is 17.3. The van der Waals surface area contributed by atoms with Crippen LogP contribution in [0.2, 0.25) is 0 Å². The summed E-state index contributed by atoms with van der Waals surface area (Å²) in [5.74, 6) is 0.0804. The Morgan fingerprint density at radius 3 is 2.74 bits per heavy atom. The minimum Gasteiger partial charge on any atom is -0.338 e. The summed E-state index contributed by atoms with van der Waals surface area (Å²) in [6.07, 6.45) is 1.70. The Morgan fingerprint density at radius 1 is 1.42 bits per heavy atom. The monoisotopic (exact) mass is 262 g/mol. The van der Waals surface area contributed by atoms with E-state index in [4.69, 9.17) is 0 Å². The first-order valence-corrected chi connectivity index (χ1v) is 6.37. The van der Waals surface area contributed by atoms with E-state index in [1.54, 1.807) is 11.1 Å². The Kier molecular flexibility index (Phi) is 4.11. The van der Waals surface area contributed by atoms with Crippen LogP contribution >= 0.6 is 0 Å². The van der Waals surface area contributed by atoms with Gasteiger partial charge in [0.1, 0.15) is 5.82 Å². The molecule has 6 nitrogen and oxygen atoms in total. The van der Waals surface area contributed by atoms with Gasteiger partial charge in [-0.05, 0) is 31.2 Å².